The lowest BCUT2D eigenvalue weighted by atomic mass is 10.3. The van der Waals surface area contributed by atoms with Gasteiger partial charge in [0.1, 0.15) is 17.1 Å². The van der Waals surface area contributed by atoms with Crippen molar-refractivity contribution in [1.82, 2.24) is 24.9 Å². The summed E-state index contributed by atoms with van der Waals surface area (Å²) in [6.45, 7) is 4.26. The zero-order valence-corrected chi connectivity index (χ0v) is 14.4. The highest BCUT2D eigenvalue weighted by molar-refractivity contribution is 5.91. The largest absolute Gasteiger partial charge is 0.454 e. The zero-order chi connectivity index (χ0) is 18.7. The predicted octanol–water partition coefficient (Wildman–Crippen LogP) is 1.68. The lowest BCUT2D eigenvalue weighted by Gasteiger charge is -2.05. The Labute approximate surface area is 148 Å². The van der Waals surface area contributed by atoms with Crippen LogP contribution in [0.15, 0.2) is 35.0 Å². The Balaban J connectivity index is 1.56. The normalized spacial score (nSPS) is 10.8. The molecule has 0 spiro atoms. The maximum Gasteiger partial charge on any atom is 0.312 e. The molecule has 10 nitrogen and oxygen atoms in total. The van der Waals surface area contributed by atoms with Crippen molar-refractivity contribution in [2.45, 2.75) is 26.9 Å². The van der Waals surface area contributed by atoms with Gasteiger partial charge in [-0.2, -0.15) is 10.2 Å². The fraction of sp³-hybridized carbons (Fsp3) is 0.312. The van der Waals surface area contributed by atoms with Crippen LogP contribution in [0.4, 0.5) is 5.69 Å². The van der Waals surface area contributed by atoms with Gasteiger partial charge >= 0.3 is 5.69 Å². The summed E-state index contributed by atoms with van der Waals surface area (Å²) in [5.74, 6) is 0.465. The fourth-order valence-electron chi connectivity index (χ4n) is 2.67. The van der Waals surface area contributed by atoms with E-state index < -0.39 is 4.92 Å². The smallest absolute Gasteiger partial charge is 0.312 e. The van der Waals surface area contributed by atoms with Crippen LogP contribution in [-0.2, 0) is 13.1 Å². The van der Waals surface area contributed by atoms with Gasteiger partial charge in [0.25, 0.3) is 5.91 Å². The van der Waals surface area contributed by atoms with Gasteiger partial charge in [-0.05, 0) is 32.0 Å². The van der Waals surface area contributed by atoms with Crippen molar-refractivity contribution in [1.29, 1.82) is 0 Å². The standard InChI is InChI=1S/C16H18N6O4/c1-11-15(22(24)25)12(2)21(19-11)9-7-17-16(23)14-5-4-13(26-14)10-20-8-3-6-18-20/h3-6,8H,7,9-10H2,1-2H3,(H,17,23). The molecule has 10 heteroatoms. The van der Waals surface area contributed by atoms with E-state index in [0.29, 0.717) is 30.2 Å². The number of aromatic nitrogens is 4. The number of nitro groups is 1. The van der Waals surface area contributed by atoms with Crippen LogP contribution < -0.4 is 5.32 Å². The monoisotopic (exact) mass is 358 g/mol. The summed E-state index contributed by atoms with van der Waals surface area (Å²) in [6.07, 6.45) is 3.47. The molecule has 0 aromatic carbocycles. The summed E-state index contributed by atoms with van der Waals surface area (Å²) in [7, 11) is 0. The highest BCUT2D eigenvalue weighted by atomic mass is 16.6. The number of amides is 1. The van der Waals surface area contributed by atoms with Crippen LogP contribution in [0.2, 0.25) is 0 Å². The van der Waals surface area contributed by atoms with E-state index in [1.807, 2.05) is 0 Å². The molecule has 1 amide bonds. The molecule has 0 aliphatic rings. The van der Waals surface area contributed by atoms with Crippen LogP contribution >= 0.6 is 0 Å². The molecule has 0 saturated carbocycles. The number of rotatable bonds is 7. The minimum atomic E-state index is -0.448. The minimum Gasteiger partial charge on any atom is -0.454 e. The SMILES string of the molecule is Cc1nn(CCNC(=O)c2ccc(Cn3cccn3)o2)c(C)c1[N+](=O)[O-]. The van der Waals surface area contributed by atoms with Gasteiger partial charge in [0.2, 0.25) is 0 Å². The van der Waals surface area contributed by atoms with Crippen LogP contribution in [0.1, 0.15) is 27.7 Å². The minimum absolute atomic E-state index is 0.00521. The van der Waals surface area contributed by atoms with E-state index in [9.17, 15) is 14.9 Å². The first-order chi connectivity index (χ1) is 12.5. The molecule has 0 aliphatic carbocycles. The molecular formula is C16H18N6O4. The molecule has 26 heavy (non-hydrogen) atoms. The highest BCUT2D eigenvalue weighted by Crippen LogP contribution is 2.21. The molecule has 136 valence electrons. The van der Waals surface area contributed by atoms with E-state index in [4.69, 9.17) is 4.42 Å². The van der Waals surface area contributed by atoms with E-state index in [2.05, 4.69) is 15.5 Å². The number of aryl methyl sites for hydroxylation is 1. The van der Waals surface area contributed by atoms with Crippen molar-refractivity contribution in [2.75, 3.05) is 6.54 Å². The van der Waals surface area contributed by atoms with Crippen LogP contribution in [-0.4, -0.2) is 36.9 Å². The third-order valence-electron chi connectivity index (χ3n) is 3.90. The molecular weight excluding hydrogens is 340 g/mol. The third-order valence-corrected chi connectivity index (χ3v) is 3.90. The molecule has 3 rings (SSSR count). The highest BCUT2D eigenvalue weighted by Gasteiger charge is 2.21. The lowest BCUT2D eigenvalue weighted by Crippen LogP contribution is -2.27. The lowest BCUT2D eigenvalue weighted by molar-refractivity contribution is -0.386. The molecule has 3 aromatic heterocycles. The van der Waals surface area contributed by atoms with Crippen molar-refractivity contribution >= 4 is 11.6 Å². The first kappa shape index (κ1) is 17.4. The summed E-state index contributed by atoms with van der Waals surface area (Å²) in [4.78, 5) is 22.7. The number of carbonyl (C=O) groups is 1. The Bertz CT molecular complexity index is 925. The first-order valence-electron chi connectivity index (χ1n) is 7.98. The van der Waals surface area contributed by atoms with Crippen molar-refractivity contribution in [3.8, 4) is 0 Å². The van der Waals surface area contributed by atoms with Crippen LogP contribution in [0.25, 0.3) is 0 Å². The summed E-state index contributed by atoms with van der Waals surface area (Å²) < 4.78 is 8.72. The second-order valence-corrected chi connectivity index (χ2v) is 5.73. The number of hydrogen-bond acceptors (Lipinski definition) is 6. The van der Waals surface area contributed by atoms with Gasteiger partial charge in [0.05, 0.1) is 18.0 Å². The first-order valence-corrected chi connectivity index (χ1v) is 7.98. The molecule has 0 bridgehead atoms. The maximum absolute atomic E-state index is 12.2. The van der Waals surface area contributed by atoms with Gasteiger partial charge in [-0.25, -0.2) is 0 Å². The molecule has 0 aliphatic heterocycles. The van der Waals surface area contributed by atoms with Crippen LogP contribution in [0.3, 0.4) is 0 Å². The second-order valence-electron chi connectivity index (χ2n) is 5.73. The topological polar surface area (TPSA) is 121 Å². The molecule has 0 unspecified atom stereocenters. The molecule has 0 atom stereocenters. The van der Waals surface area contributed by atoms with Crippen LogP contribution in [0, 0.1) is 24.0 Å². The van der Waals surface area contributed by atoms with Gasteiger partial charge in [-0.3, -0.25) is 24.3 Å². The fourth-order valence-corrected chi connectivity index (χ4v) is 2.67. The van der Waals surface area contributed by atoms with Crippen molar-refractivity contribution in [2.24, 2.45) is 0 Å². The van der Waals surface area contributed by atoms with Crippen molar-refractivity contribution in [3.05, 3.63) is 63.6 Å². The molecule has 1 N–H and O–H groups in total. The van der Waals surface area contributed by atoms with Gasteiger partial charge < -0.3 is 9.73 Å². The molecule has 0 radical (unpaired) electrons. The predicted molar refractivity (Wildman–Crippen MR) is 90.7 cm³/mol. The molecule has 3 aromatic rings. The van der Waals surface area contributed by atoms with Gasteiger partial charge in [-0.1, -0.05) is 0 Å². The third kappa shape index (κ3) is 3.63. The average Bonchev–Trinajstić information content (AvgIpc) is 3.30. The molecule has 0 saturated heterocycles. The molecule has 0 fully saturated rings. The van der Waals surface area contributed by atoms with Gasteiger partial charge in [0, 0.05) is 18.9 Å². The number of nitrogens with zero attached hydrogens (tertiary/aromatic N) is 5. The van der Waals surface area contributed by atoms with Crippen LogP contribution in [0.5, 0.6) is 0 Å². The Hall–Kier alpha value is -3.43. The van der Waals surface area contributed by atoms with E-state index >= 15 is 0 Å². The Morgan fingerprint density at radius 2 is 2.19 bits per heavy atom. The number of furan rings is 1. The molecule has 3 heterocycles. The van der Waals surface area contributed by atoms with E-state index in [0.717, 1.165) is 0 Å². The van der Waals surface area contributed by atoms with Gasteiger partial charge in [0.15, 0.2) is 5.76 Å². The van der Waals surface area contributed by atoms with Crippen molar-refractivity contribution < 1.29 is 14.1 Å². The summed E-state index contributed by atoms with van der Waals surface area (Å²) in [5, 5.41) is 21.9. The van der Waals surface area contributed by atoms with Crippen molar-refractivity contribution in [3.63, 3.8) is 0 Å². The zero-order valence-electron chi connectivity index (χ0n) is 14.4. The van der Waals surface area contributed by atoms with E-state index in [-0.39, 0.29) is 23.9 Å². The summed E-state index contributed by atoms with van der Waals surface area (Å²) in [5.41, 5.74) is 0.819. The maximum atomic E-state index is 12.2. The Kier molecular flexibility index (Phi) is 4.83. The van der Waals surface area contributed by atoms with Gasteiger partial charge in [-0.15, -0.1) is 0 Å². The second kappa shape index (κ2) is 7.21. The summed E-state index contributed by atoms with van der Waals surface area (Å²) in [6, 6.07) is 5.13. The Morgan fingerprint density at radius 3 is 2.85 bits per heavy atom. The number of nitrogens with one attached hydrogen (secondary N) is 1. The van der Waals surface area contributed by atoms with E-state index in [1.54, 1.807) is 49.1 Å². The quantitative estimate of drug-likeness (QED) is 0.506. The van der Waals surface area contributed by atoms with E-state index in [1.165, 1.54) is 4.68 Å². The number of carbonyl (C=O) groups excluding carboxylic acids is 1. The Morgan fingerprint density at radius 1 is 1.38 bits per heavy atom. The number of hydrogen-bond donors (Lipinski definition) is 1. The summed E-state index contributed by atoms with van der Waals surface area (Å²) >= 11 is 0. The average molecular weight is 358 g/mol.